The summed E-state index contributed by atoms with van der Waals surface area (Å²) in [6.07, 6.45) is 8.62. The lowest BCUT2D eigenvalue weighted by atomic mass is 9.84. The van der Waals surface area contributed by atoms with Crippen molar-refractivity contribution >= 4 is 11.4 Å². The molecule has 1 saturated heterocycles. The van der Waals surface area contributed by atoms with Gasteiger partial charge in [0, 0.05) is 70.2 Å². The number of hydrogen-bond donors (Lipinski definition) is 1. The van der Waals surface area contributed by atoms with Crippen LogP contribution in [0, 0.1) is 13.8 Å². The SMILES string of the molecule is C=C(/C=C1/N=C(N(C)/C=C\C(C)(C)c2cccc(C)c2)C=C(N2CCNCC2)N1C)c1cc(C)n(CC)n1. The molecule has 38 heavy (non-hydrogen) atoms. The third kappa shape index (κ3) is 6.10. The summed E-state index contributed by atoms with van der Waals surface area (Å²) in [7, 11) is 4.15. The fourth-order valence-corrected chi connectivity index (χ4v) is 4.79. The Balaban J connectivity index is 1.66. The van der Waals surface area contributed by atoms with Crippen molar-refractivity contribution in [2.45, 2.75) is 46.6 Å². The second-order valence-electron chi connectivity index (χ2n) is 10.8. The molecule has 7 nitrogen and oxygen atoms in total. The number of aliphatic imine (C=N–C) groups is 1. The van der Waals surface area contributed by atoms with E-state index in [0.29, 0.717) is 0 Å². The highest BCUT2D eigenvalue weighted by Crippen LogP contribution is 2.28. The average Bonchev–Trinajstić information content (AvgIpc) is 3.29. The fraction of sp³-hybridized carbons (Fsp3) is 0.419. The minimum absolute atomic E-state index is 0.111. The number of aromatic nitrogens is 2. The van der Waals surface area contributed by atoms with Gasteiger partial charge in [0.15, 0.2) is 0 Å². The Morgan fingerprint density at radius 1 is 1.18 bits per heavy atom. The summed E-state index contributed by atoms with van der Waals surface area (Å²) in [5.41, 5.74) is 5.32. The van der Waals surface area contributed by atoms with Gasteiger partial charge in [0.25, 0.3) is 0 Å². The molecule has 4 rings (SSSR count). The standard InChI is InChI=1S/C31H43N7/c1-9-38-25(4)21-27(34-38)24(3)20-29-33-28(22-30(36(29)8)37-17-14-32-15-18-37)35(7)16-13-31(5,6)26-12-10-11-23(2)19-26/h10-13,16,19-22,32H,3,9,14-15,17-18H2,1-2,4-8H3/b16-13-,29-20-. The van der Waals surface area contributed by atoms with Crippen LogP contribution in [0.25, 0.3) is 5.57 Å². The third-order valence-electron chi connectivity index (χ3n) is 7.37. The van der Waals surface area contributed by atoms with Crippen LogP contribution in [0.3, 0.4) is 0 Å². The first-order valence-corrected chi connectivity index (χ1v) is 13.5. The van der Waals surface area contributed by atoms with Gasteiger partial charge in [-0.25, -0.2) is 4.99 Å². The van der Waals surface area contributed by atoms with Crippen LogP contribution in [0.1, 0.15) is 43.3 Å². The topological polar surface area (TPSA) is 51.9 Å². The predicted octanol–water partition coefficient (Wildman–Crippen LogP) is 4.89. The lowest BCUT2D eigenvalue weighted by Gasteiger charge is -2.39. The number of nitrogens with zero attached hydrogens (tertiary/aromatic N) is 6. The van der Waals surface area contributed by atoms with Crippen molar-refractivity contribution in [2.24, 2.45) is 4.99 Å². The van der Waals surface area contributed by atoms with Gasteiger partial charge in [-0.2, -0.15) is 5.10 Å². The summed E-state index contributed by atoms with van der Waals surface area (Å²) < 4.78 is 2.00. The zero-order valence-electron chi connectivity index (χ0n) is 24.1. The van der Waals surface area contributed by atoms with Gasteiger partial charge >= 0.3 is 0 Å². The monoisotopic (exact) mass is 513 g/mol. The molecule has 202 valence electrons. The van der Waals surface area contributed by atoms with E-state index in [1.807, 2.05) is 10.8 Å². The molecular weight excluding hydrogens is 470 g/mol. The van der Waals surface area contributed by atoms with Gasteiger partial charge in [0.05, 0.1) is 5.69 Å². The van der Waals surface area contributed by atoms with E-state index >= 15 is 0 Å². The van der Waals surface area contributed by atoms with Gasteiger partial charge in [0.1, 0.15) is 17.5 Å². The number of amidine groups is 1. The summed E-state index contributed by atoms with van der Waals surface area (Å²) in [4.78, 5) is 11.8. The zero-order valence-corrected chi connectivity index (χ0v) is 24.1. The van der Waals surface area contributed by atoms with E-state index in [2.05, 4.69) is 124 Å². The Morgan fingerprint density at radius 2 is 1.92 bits per heavy atom. The van der Waals surface area contributed by atoms with Crippen molar-refractivity contribution in [3.05, 3.63) is 95.5 Å². The number of aryl methyl sites for hydroxylation is 3. The Kier molecular flexibility index (Phi) is 8.26. The van der Waals surface area contributed by atoms with Crippen molar-refractivity contribution in [3.8, 4) is 0 Å². The van der Waals surface area contributed by atoms with Crippen LogP contribution in [0.2, 0.25) is 0 Å². The second-order valence-corrected chi connectivity index (χ2v) is 10.8. The summed E-state index contributed by atoms with van der Waals surface area (Å²) in [6, 6.07) is 10.8. The predicted molar refractivity (Wildman–Crippen MR) is 159 cm³/mol. The average molecular weight is 514 g/mol. The molecule has 0 aliphatic carbocycles. The second kappa shape index (κ2) is 11.4. The summed E-state index contributed by atoms with van der Waals surface area (Å²) in [5.74, 6) is 2.88. The number of allylic oxidation sites excluding steroid dienone is 3. The van der Waals surface area contributed by atoms with E-state index in [9.17, 15) is 0 Å². The first-order chi connectivity index (χ1) is 18.1. The van der Waals surface area contributed by atoms with Crippen molar-refractivity contribution in [1.82, 2.24) is 29.8 Å². The van der Waals surface area contributed by atoms with E-state index < -0.39 is 0 Å². The number of likely N-dealkylation sites (N-methyl/N-ethyl adjacent to an activating group) is 1. The van der Waals surface area contributed by atoms with Crippen LogP contribution < -0.4 is 5.32 Å². The highest BCUT2D eigenvalue weighted by Gasteiger charge is 2.25. The van der Waals surface area contributed by atoms with Gasteiger partial charge in [-0.15, -0.1) is 0 Å². The molecule has 1 aromatic heterocycles. The van der Waals surface area contributed by atoms with Crippen LogP contribution in [-0.2, 0) is 12.0 Å². The molecule has 0 radical (unpaired) electrons. The van der Waals surface area contributed by atoms with Gasteiger partial charge in [-0.1, -0.05) is 56.3 Å². The summed E-state index contributed by atoms with van der Waals surface area (Å²) in [5, 5.41) is 8.18. The Morgan fingerprint density at radius 3 is 2.58 bits per heavy atom. The van der Waals surface area contributed by atoms with Crippen LogP contribution >= 0.6 is 0 Å². The van der Waals surface area contributed by atoms with Crippen LogP contribution in [0.4, 0.5) is 0 Å². The molecule has 2 aliphatic heterocycles. The number of benzene rings is 1. The quantitative estimate of drug-likeness (QED) is 0.572. The molecule has 1 fully saturated rings. The number of piperazine rings is 1. The maximum atomic E-state index is 5.07. The number of hydrogen-bond acceptors (Lipinski definition) is 6. The molecule has 0 atom stereocenters. The lowest BCUT2D eigenvalue weighted by Crippen LogP contribution is -2.47. The molecule has 0 spiro atoms. The van der Waals surface area contributed by atoms with Gasteiger partial charge < -0.3 is 20.0 Å². The largest absolute Gasteiger partial charge is 0.355 e. The van der Waals surface area contributed by atoms with Crippen LogP contribution in [0.15, 0.2) is 78.0 Å². The third-order valence-corrected chi connectivity index (χ3v) is 7.37. The Labute approximate surface area is 228 Å². The molecule has 1 aromatic carbocycles. The van der Waals surface area contributed by atoms with Crippen molar-refractivity contribution in [2.75, 3.05) is 40.3 Å². The Bertz CT molecular complexity index is 1290. The van der Waals surface area contributed by atoms with Crippen molar-refractivity contribution in [1.29, 1.82) is 0 Å². The first kappa shape index (κ1) is 27.5. The van der Waals surface area contributed by atoms with Crippen LogP contribution in [-0.4, -0.2) is 70.6 Å². The van der Waals surface area contributed by atoms with Crippen molar-refractivity contribution < 1.29 is 0 Å². The number of rotatable bonds is 7. The minimum atomic E-state index is -0.111. The maximum absolute atomic E-state index is 5.07. The molecule has 0 saturated carbocycles. The fourth-order valence-electron chi connectivity index (χ4n) is 4.79. The molecule has 2 aromatic rings. The molecule has 1 N–H and O–H groups in total. The van der Waals surface area contributed by atoms with Crippen LogP contribution in [0.5, 0.6) is 0 Å². The minimum Gasteiger partial charge on any atom is -0.355 e. The molecule has 7 heteroatoms. The van der Waals surface area contributed by atoms with Gasteiger partial charge in [0.2, 0.25) is 0 Å². The molecule has 0 amide bonds. The molecule has 0 unspecified atom stereocenters. The molecule has 3 heterocycles. The molecule has 0 bridgehead atoms. The molecule has 2 aliphatic rings. The molecular formula is C31H43N7. The van der Waals surface area contributed by atoms with Gasteiger partial charge in [-0.05, 0) is 44.1 Å². The highest BCUT2D eigenvalue weighted by atomic mass is 15.4. The Hall–Kier alpha value is -3.58. The summed E-state index contributed by atoms with van der Waals surface area (Å²) in [6.45, 7) is 19.8. The summed E-state index contributed by atoms with van der Waals surface area (Å²) >= 11 is 0. The van der Waals surface area contributed by atoms with E-state index in [0.717, 1.165) is 67.2 Å². The normalized spacial score (nSPS) is 17.7. The maximum Gasteiger partial charge on any atom is 0.138 e. The van der Waals surface area contributed by atoms with E-state index in [4.69, 9.17) is 10.1 Å². The van der Waals surface area contributed by atoms with E-state index in [1.165, 1.54) is 11.1 Å². The van der Waals surface area contributed by atoms with Gasteiger partial charge in [-0.3, -0.25) is 4.68 Å². The van der Waals surface area contributed by atoms with E-state index in [1.54, 1.807) is 0 Å². The van der Waals surface area contributed by atoms with Crippen molar-refractivity contribution in [3.63, 3.8) is 0 Å². The number of nitrogens with one attached hydrogen (secondary N) is 1. The first-order valence-electron chi connectivity index (χ1n) is 13.5. The smallest absolute Gasteiger partial charge is 0.138 e. The zero-order chi connectivity index (χ0) is 27.4. The van der Waals surface area contributed by atoms with E-state index in [-0.39, 0.29) is 5.41 Å². The highest BCUT2D eigenvalue weighted by molar-refractivity contribution is 5.95. The lowest BCUT2D eigenvalue weighted by molar-refractivity contribution is 0.232.